The fraction of sp³-hybridized carbons (Fsp3) is 0.333. The van der Waals surface area contributed by atoms with Gasteiger partial charge in [-0.05, 0) is 35.1 Å². The summed E-state index contributed by atoms with van der Waals surface area (Å²) in [4.78, 5) is 4.11. The second-order valence-electron chi connectivity index (χ2n) is 5.73. The molecule has 1 aromatic heterocycles. The van der Waals surface area contributed by atoms with Crippen molar-refractivity contribution in [3.63, 3.8) is 0 Å². The molecule has 0 radical (unpaired) electrons. The van der Waals surface area contributed by atoms with Gasteiger partial charge < -0.3 is 4.74 Å². The molecule has 0 fully saturated rings. The van der Waals surface area contributed by atoms with Gasteiger partial charge in [0.1, 0.15) is 11.8 Å². The molecule has 0 spiro atoms. The first-order chi connectivity index (χ1) is 10.0. The van der Waals surface area contributed by atoms with Gasteiger partial charge in [-0.15, -0.1) is 0 Å². The van der Waals surface area contributed by atoms with Crippen molar-refractivity contribution < 1.29 is 4.74 Å². The van der Waals surface area contributed by atoms with Crippen molar-refractivity contribution >= 4 is 0 Å². The quantitative estimate of drug-likeness (QED) is 0.838. The van der Waals surface area contributed by atoms with E-state index in [0.29, 0.717) is 5.56 Å². The second kappa shape index (κ2) is 5.97. The number of pyridine rings is 1. The van der Waals surface area contributed by atoms with Crippen molar-refractivity contribution in [2.75, 3.05) is 7.11 Å². The minimum Gasteiger partial charge on any atom is -0.496 e. The average molecular weight is 280 g/mol. The Hall–Kier alpha value is -2.34. The Kier molecular flexibility index (Phi) is 4.28. The van der Waals surface area contributed by atoms with Gasteiger partial charge in [-0.25, -0.2) is 0 Å². The number of benzene rings is 1. The monoisotopic (exact) mass is 280 g/mol. The third kappa shape index (κ3) is 3.05. The highest BCUT2D eigenvalue weighted by Crippen LogP contribution is 2.36. The van der Waals surface area contributed by atoms with Crippen molar-refractivity contribution in [1.29, 1.82) is 5.26 Å². The zero-order valence-corrected chi connectivity index (χ0v) is 13.0. The van der Waals surface area contributed by atoms with Gasteiger partial charge in [0.05, 0.1) is 12.7 Å². The number of ether oxygens (including phenoxy) is 1. The average Bonchev–Trinajstić information content (AvgIpc) is 2.54. The minimum atomic E-state index is 0.0661. The molecule has 0 atom stereocenters. The SMILES string of the molecule is CCC(C)(C)c1ccc(-c2cncc(C#N)c2)cc1OC. The zero-order chi connectivity index (χ0) is 15.5. The van der Waals surface area contributed by atoms with E-state index < -0.39 is 0 Å². The summed E-state index contributed by atoms with van der Waals surface area (Å²) in [7, 11) is 1.69. The number of hydrogen-bond donors (Lipinski definition) is 0. The summed E-state index contributed by atoms with van der Waals surface area (Å²) in [6.45, 7) is 6.60. The Morgan fingerprint density at radius 1 is 1.19 bits per heavy atom. The first-order valence-electron chi connectivity index (χ1n) is 7.06. The Bertz CT molecular complexity index is 684. The number of nitriles is 1. The lowest BCUT2D eigenvalue weighted by Crippen LogP contribution is -2.16. The van der Waals surface area contributed by atoms with Crippen LogP contribution in [-0.2, 0) is 5.41 Å². The van der Waals surface area contributed by atoms with E-state index in [1.54, 1.807) is 19.5 Å². The topological polar surface area (TPSA) is 45.9 Å². The van der Waals surface area contributed by atoms with Gasteiger partial charge in [0.25, 0.3) is 0 Å². The Labute approximate surface area is 126 Å². The van der Waals surface area contributed by atoms with E-state index >= 15 is 0 Å². The van der Waals surface area contributed by atoms with Crippen molar-refractivity contribution in [2.24, 2.45) is 0 Å². The fourth-order valence-electron chi connectivity index (χ4n) is 2.28. The lowest BCUT2D eigenvalue weighted by atomic mass is 9.81. The molecule has 1 aromatic carbocycles. The van der Waals surface area contributed by atoms with Gasteiger partial charge in [0, 0.05) is 18.0 Å². The van der Waals surface area contributed by atoms with Gasteiger partial charge in [0.2, 0.25) is 0 Å². The molecule has 0 saturated heterocycles. The van der Waals surface area contributed by atoms with Crippen LogP contribution in [0.1, 0.15) is 38.3 Å². The molecule has 108 valence electrons. The van der Waals surface area contributed by atoms with Crippen LogP contribution in [0.4, 0.5) is 0 Å². The molecule has 0 aliphatic rings. The number of hydrogen-bond acceptors (Lipinski definition) is 3. The van der Waals surface area contributed by atoms with Crippen LogP contribution >= 0.6 is 0 Å². The maximum atomic E-state index is 8.98. The maximum Gasteiger partial charge on any atom is 0.123 e. The molecule has 0 aliphatic carbocycles. The van der Waals surface area contributed by atoms with E-state index in [-0.39, 0.29) is 5.41 Å². The summed E-state index contributed by atoms with van der Waals surface area (Å²) in [5.41, 5.74) is 3.75. The highest BCUT2D eigenvalue weighted by atomic mass is 16.5. The highest BCUT2D eigenvalue weighted by molar-refractivity contribution is 5.67. The Balaban J connectivity index is 2.51. The minimum absolute atomic E-state index is 0.0661. The summed E-state index contributed by atoms with van der Waals surface area (Å²) in [5, 5.41) is 8.98. The molecular weight excluding hydrogens is 260 g/mol. The van der Waals surface area contributed by atoms with E-state index in [9.17, 15) is 0 Å². The van der Waals surface area contributed by atoms with Crippen molar-refractivity contribution in [3.8, 4) is 22.9 Å². The molecule has 2 aromatic rings. The van der Waals surface area contributed by atoms with E-state index in [1.807, 2.05) is 12.1 Å². The lowest BCUT2D eigenvalue weighted by Gasteiger charge is -2.26. The van der Waals surface area contributed by atoms with Gasteiger partial charge in [0.15, 0.2) is 0 Å². The summed E-state index contributed by atoms with van der Waals surface area (Å²) >= 11 is 0. The third-order valence-electron chi connectivity index (χ3n) is 4.02. The number of rotatable bonds is 4. The number of aromatic nitrogens is 1. The second-order valence-corrected chi connectivity index (χ2v) is 5.73. The predicted octanol–water partition coefficient (Wildman–Crippen LogP) is 4.32. The van der Waals surface area contributed by atoms with E-state index in [1.165, 1.54) is 5.56 Å². The Morgan fingerprint density at radius 2 is 1.95 bits per heavy atom. The molecule has 2 rings (SSSR count). The molecular formula is C18H20N2O. The third-order valence-corrected chi connectivity index (χ3v) is 4.02. The van der Waals surface area contributed by atoms with E-state index in [0.717, 1.165) is 23.3 Å². The van der Waals surface area contributed by atoms with E-state index in [2.05, 4.69) is 44.0 Å². The van der Waals surface area contributed by atoms with Crippen LogP contribution in [0, 0.1) is 11.3 Å². The molecule has 3 heteroatoms. The van der Waals surface area contributed by atoms with Crippen LogP contribution in [0.25, 0.3) is 11.1 Å². The number of methoxy groups -OCH3 is 1. The molecule has 1 heterocycles. The summed E-state index contributed by atoms with van der Waals surface area (Å²) in [6, 6.07) is 10.1. The molecule has 0 unspecified atom stereocenters. The van der Waals surface area contributed by atoms with Gasteiger partial charge >= 0.3 is 0 Å². The summed E-state index contributed by atoms with van der Waals surface area (Å²) < 4.78 is 5.57. The lowest BCUT2D eigenvalue weighted by molar-refractivity contribution is 0.389. The van der Waals surface area contributed by atoms with Crippen molar-refractivity contribution in [3.05, 3.63) is 47.8 Å². The largest absolute Gasteiger partial charge is 0.496 e. The van der Waals surface area contributed by atoms with Crippen LogP contribution in [0.2, 0.25) is 0 Å². The molecule has 0 aliphatic heterocycles. The van der Waals surface area contributed by atoms with Crippen molar-refractivity contribution in [2.45, 2.75) is 32.6 Å². The van der Waals surface area contributed by atoms with Crippen molar-refractivity contribution in [1.82, 2.24) is 4.98 Å². The predicted molar refractivity (Wildman–Crippen MR) is 84.3 cm³/mol. The standard InChI is InChI=1S/C18H20N2O/c1-5-18(2,3)16-7-6-14(9-17(16)21-4)15-8-13(10-19)11-20-12-15/h6-9,11-12H,5H2,1-4H3. The molecule has 21 heavy (non-hydrogen) atoms. The highest BCUT2D eigenvalue weighted by Gasteiger charge is 2.22. The maximum absolute atomic E-state index is 8.98. The van der Waals surface area contributed by atoms with Crippen LogP contribution in [0.5, 0.6) is 5.75 Å². The molecule has 3 nitrogen and oxygen atoms in total. The first kappa shape index (κ1) is 15.1. The van der Waals surface area contributed by atoms with Crippen LogP contribution < -0.4 is 4.74 Å². The van der Waals surface area contributed by atoms with Gasteiger partial charge in [-0.2, -0.15) is 5.26 Å². The molecule has 0 amide bonds. The fourth-order valence-corrected chi connectivity index (χ4v) is 2.28. The Morgan fingerprint density at radius 3 is 2.57 bits per heavy atom. The van der Waals surface area contributed by atoms with E-state index in [4.69, 9.17) is 10.00 Å². The van der Waals surface area contributed by atoms with Gasteiger partial charge in [-0.1, -0.05) is 32.9 Å². The number of nitrogens with zero attached hydrogens (tertiary/aromatic N) is 2. The normalized spacial score (nSPS) is 11.0. The first-order valence-corrected chi connectivity index (χ1v) is 7.06. The zero-order valence-electron chi connectivity index (χ0n) is 13.0. The molecule has 0 saturated carbocycles. The molecule has 0 bridgehead atoms. The smallest absolute Gasteiger partial charge is 0.123 e. The van der Waals surface area contributed by atoms with Crippen LogP contribution in [-0.4, -0.2) is 12.1 Å². The summed E-state index contributed by atoms with van der Waals surface area (Å²) in [5.74, 6) is 0.877. The van der Waals surface area contributed by atoms with Gasteiger partial charge in [-0.3, -0.25) is 4.98 Å². The van der Waals surface area contributed by atoms with Crippen LogP contribution in [0.15, 0.2) is 36.7 Å². The van der Waals surface area contributed by atoms with Crippen LogP contribution in [0.3, 0.4) is 0 Å². The summed E-state index contributed by atoms with van der Waals surface area (Å²) in [6.07, 6.45) is 4.36. The molecule has 0 N–H and O–H groups in total.